The molecule has 0 amide bonds. The van der Waals surface area contributed by atoms with Crippen LogP contribution in [0.5, 0.6) is 0 Å². The quantitative estimate of drug-likeness (QED) is 0.923. The van der Waals surface area contributed by atoms with Crippen molar-refractivity contribution in [1.29, 1.82) is 0 Å². The van der Waals surface area contributed by atoms with E-state index in [1.807, 2.05) is 11.8 Å². The number of aliphatic imine (C=N–C) groups is 1. The van der Waals surface area contributed by atoms with Gasteiger partial charge >= 0.3 is 0 Å². The van der Waals surface area contributed by atoms with Crippen LogP contribution in [-0.4, -0.2) is 18.3 Å². The van der Waals surface area contributed by atoms with Crippen LogP contribution in [0.2, 0.25) is 0 Å². The molecule has 0 spiro atoms. The average molecular weight is 296 g/mol. The zero-order valence-electron chi connectivity index (χ0n) is 12.3. The molecule has 0 aliphatic carbocycles. The van der Waals surface area contributed by atoms with Crippen LogP contribution in [0.25, 0.3) is 0 Å². The molecule has 0 fully saturated rings. The SMILES string of the molecule is Cc1cccc(CCNC2=NCC(c3ccccc3)S2)c1. The summed E-state index contributed by atoms with van der Waals surface area (Å²) in [4.78, 5) is 4.61. The van der Waals surface area contributed by atoms with Crippen molar-refractivity contribution < 1.29 is 0 Å². The molecule has 0 saturated heterocycles. The monoisotopic (exact) mass is 296 g/mol. The third-order valence-corrected chi connectivity index (χ3v) is 4.80. The van der Waals surface area contributed by atoms with Crippen molar-refractivity contribution >= 4 is 16.9 Å². The van der Waals surface area contributed by atoms with Gasteiger partial charge in [-0.05, 0) is 24.5 Å². The molecular formula is C18H20N2S. The summed E-state index contributed by atoms with van der Waals surface area (Å²) >= 11 is 1.84. The number of nitrogens with one attached hydrogen (secondary N) is 1. The largest absolute Gasteiger partial charge is 0.365 e. The predicted molar refractivity (Wildman–Crippen MR) is 92.0 cm³/mol. The van der Waals surface area contributed by atoms with Gasteiger partial charge in [-0.2, -0.15) is 0 Å². The molecule has 2 aromatic carbocycles. The molecule has 1 aliphatic heterocycles. The summed E-state index contributed by atoms with van der Waals surface area (Å²) in [5.41, 5.74) is 4.07. The second-order valence-electron chi connectivity index (χ2n) is 5.33. The van der Waals surface area contributed by atoms with Crippen molar-refractivity contribution in [3.8, 4) is 0 Å². The van der Waals surface area contributed by atoms with Gasteiger partial charge in [-0.3, -0.25) is 4.99 Å². The van der Waals surface area contributed by atoms with Gasteiger partial charge in [0.15, 0.2) is 5.17 Å². The number of benzene rings is 2. The number of rotatable bonds is 4. The first-order valence-corrected chi connectivity index (χ1v) is 8.25. The van der Waals surface area contributed by atoms with Gasteiger partial charge < -0.3 is 5.32 Å². The summed E-state index contributed by atoms with van der Waals surface area (Å²) in [5.74, 6) is 0. The van der Waals surface area contributed by atoms with Crippen LogP contribution in [0.1, 0.15) is 21.9 Å². The van der Waals surface area contributed by atoms with E-state index in [-0.39, 0.29) is 0 Å². The Kier molecular flexibility index (Phi) is 4.61. The Morgan fingerprint density at radius 1 is 1.14 bits per heavy atom. The van der Waals surface area contributed by atoms with Crippen LogP contribution in [-0.2, 0) is 6.42 Å². The number of hydrogen-bond donors (Lipinski definition) is 1. The predicted octanol–water partition coefficient (Wildman–Crippen LogP) is 3.97. The summed E-state index contributed by atoms with van der Waals surface area (Å²) in [5, 5.41) is 5.01. The van der Waals surface area contributed by atoms with Gasteiger partial charge in [0, 0.05) is 6.54 Å². The Hall–Kier alpha value is -1.74. The highest BCUT2D eigenvalue weighted by molar-refractivity contribution is 8.14. The smallest absolute Gasteiger partial charge is 0.157 e. The van der Waals surface area contributed by atoms with Gasteiger partial charge in [0.05, 0.1) is 11.8 Å². The standard InChI is InChI=1S/C18H20N2S/c1-14-6-5-7-15(12-14)10-11-19-18-20-13-17(21-18)16-8-3-2-4-9-16/h2-9,12,17H,10-11,13H2,1H3,(H,19,20). The summed E-state index contributed by atoms with van der Waals surface area (Å²) in [6, 6.07) is 19.3. The van der Waals surface area contributed by atoms with Crippen LogP contribution in [0.3, 0.4) is 0 Å². The third kappa shape index (κ3) is 3.88. The molecule has 2 nitrogen and oxygen atoms in total. The van der Waals surface area contributed by atoms with Crippen molar-refractivity contribution in [1.82, 2.24) is 5.32 Å². The Morgan fingerprint density at radius 2 is 2.00 bits per heavy atom. The second kappa shape index (κ2) is 6.81. The zero-order chi connectivity index (χ0) is 14.5. The Labute approximate surface area is 130 Å². The highest BCUT2D eigenvalue weighted by Gasteiger charge is 2.20. The molecule has 0 bridgehead atoms. The van der Waals surface area contributed by atoms with E-state index >= 15 is 0 Å². The van der Waals surface area contributed by atoms with Crippen molar-refractivity contribution in [3.63, 3.8) is 0 Å². The first-order chi connectivity index (χ1) is 10.3. The minimum absolute atomic E-state index is 0.465. The van der Waals surface area contributed by atoms with E-state index < -0.39 is 0 Å². The lowest BCUT2D eigenvalue weighted by Gasteiger charge is -2.09. The van der Waals surface area contributed by atoms with Crippen LogP contribution >= 0.6 is 11.8 Å². The van der Waals surface area contributed by atoms with Crippen molar-refractivity contribution in [3.05, 3.63) is 71.3 Å². The van der Waals surface area contributed by atoms with Gasteiger partial charge in [-0.1, -0.05) is 71.9 Å². The van der Waals surface area contributed by atoms with Gasteiger partial charge in [0.25, 0.3) is 0 Å². The highest BCUT2D eigenvalue weighted by atomic mass is 32.2. The Morgan fingerprint density at radius 3 is 2.81 bits per heavy atom. The van der Waals surface area contributed by atoms with Crippen LogP contribution in [0, 0.1) is 6.92 Å². The fourth-order valence-corrected chi connectivity index (χ4v) is 3.54. The van der Waals surface area contributed by atoms with Crippen LogP contribution < -0.4 is 5.32 Å². The van der Waals surface area contributed by atoms with E-state index in [0.29, 0.717) is 5.25 Å². The van der Waals surface area contributed by atoms with Gasteiger partial charge in [-0.25, -0.2) is 0 Å². The van der Waals surface area contributed by atoms with E-state index in [9.17, 15) is 0 Å². The molecule has 3 rings (SSSR count). The van der Waals surface area contributed by atoms with E-state index in [1.165, 1.54) is 16.7 Å². The molecule has 3 heteroatoms. The van der Waals surface area contributed by atoms with E-state index in [1.54, 1.807) is 0 Å². The number of aryl methyl sites for hydroxylation is 1. The number of thioether (sulfide) groups is 1. The maximum atomic E-state index is 4.61. The van der Waals surface area contributed by atoms with Crippen molar-refractivity contribution in [2.24, 2.45) is 4.99 Å². The molecule has 108 valence electrons. The Balaban J connectivity index is 1.47. The summed E-state index contributed by atoms with van der Waals surface area (Å²) < 4.78 is 0. The first kappa shape index (κ1) is 14.2. The van der Waals surface area contributed by atoms with E-state index in [4.69, 9.17) is 0 Å². The fraction of sp³-hybridized carbons (Fsp3) is 0.278. The minimum atomic E-state index is 0.465. The summed E-state index contributed by atoms with van der Waals surface area (Å²) in [6.45, 7) is 3.95. The molecule has 0 radical (unpaired) electrons. The summed E-state index contributed by atoms with van der Waals surface area (Å²) in [7, 11) is 0. The fourth-order valence-electron chi connectivity index (χ4n) is 2.50. The summed E-state index contributed by atoms with van der Waals surface area (Å²) in [6.07, 6.45) is 1.04. The molecule has 2 aromatic rings. The maximum Gasteiger partial charge on any atom is 0.157 e. The normalized spacial score (nSPS) is 17.6. The maximum absolute atomic E-state index is 4.61. The lowest BCUT2D eigenvalue weighted by Crippen LogP contribution is -2.21. The molecule has 1 N–H and O–H groups in total. The van der Waals surface area contributed by atoms with Crippen LogP contribution in [0.4, 0.5) is 0 Å². The molecular weight excluding hydrogens is 276 g/mol. The highest BCUT2D eigenvalue weighted by Crippen LogP contribution is 2.34. The molecule has 0 aromatic heterocycles. The van der Waals surface area contributed by atoms with E-state index in [2.05, 4.69) is 71.8 Å². The number of nitrogens with zero attached hydrogens (tertiary/aromatic N) is 1. The lowest BCUT2D eigenvalue weighted by molar-refractivity contribution is 0.868. The van der Waals surface area contributed by atoms with Gasteiger partial charge in [0.1, 0.15) is 0 Å². The van der Waals surface area contributed by atoms with Crippen molar-refractivity contribution in [2.45, 2.75) is 18.6 Å². The topological polar surface area (TPSA) is 24.4 Å². The molecule has 1 atom stereocenters. The first-order valence-electron chi connectivity index (χ1n) is 7.37. The van der Waals surface area contributed by atoms with Gasteiger partial charge in [-0.15, -0.1) is 0 Å². The second-order valence-corrected chi connectivity index (χ2v) is 6.52. The number of hydrogen-bond acceptors (Lipinski definition) is 3. The molecule has 0 saturated carbocycles. The molecule has 1 aliphatic rings. The van der Waals surface area contributed by atoms with Crippen LogP contribution in [0.15, 0.2) is 59.6 Å². The van der Waals surface area contributed by atoms with Gasteiger partial charge in [0.2, 0.25) is 0 Å². The molecule has 1 heterocycles. The average Bonchev–Trinajstić information content (AvgIpc) is 2.97. The third-order valence-electron chi connectivity index (χ3n) is 3.60. The van der Waals surface area contributed by atoms with Crippen molar-refractivity contribution in [2.75, 3.05) is 13.1 Å². The Bertz CT molecular complexity index is 622. The minimum Gasteiger partial charge on any atom is -0.365 e. The van der Waals surface area contributed by atoms with E-state index in [0.717, 1.165) is 24.7 Å². The molecule has 21 heavy (non-hydrogen) atoms. The number of amidine groups is 1. The molecule has 1 unspecified atom stereocenters. The zero-order valence-corrected chi connectivity index (χ0v) is 13.1. The lowest BCUT2D eigenvalue weighted by atomic mass is 10.1.